The van der Waals surface area contributed by atoms with Crippen LogP contribution < -0.4 is 10.9 Å². The van der Waals surface area contributed by atoms with Crippen LogP contribution in [0.25, 0.3) is 22.5 Å². The van der Waals surface area contributed by atoms with E-state index in [4.69, 9.17) is 4.74 Å². The highest BCUT2D eigenvalue weighted by atomic mass is 16.5. The summed E-state index contributed by atoms with van der Waals surface area (Å²) in [6.45, 7) is 2.82. The standard InChI is InChI=1S/C32H32N6O3/c1-2-3-11-27-19-18-26(20-33-32(40)41-22-24-9-5-4-6-10-24)31(39)38(27)21-23-14-16-25(17-15-23)28-12-7-8-13-29(28)30-34-36-37-35-30/h4-10,12-19H,2-3,11,20-22H2,1H3,(H,33,40)(H,34,35,36,37). The third kappa shape index (κ3) is 6.94. The predicted molar refractivity (Wildman–Crippen MR) is 157 cm³/mol. The lowest BCUT2D eigenvalue weighted by Gasteiger charge is -2.16. The molecule has 0 aliphatic heterocycles. The van der Waals surface area contributed by atoms with Crippen LogP contribution in [0.15, 0.2) is 95.8 Å². The molecule has 0 fully saturated rings. The molecule has 3 aromatic carbocycles. The summed E-state index contributed by atoms with van der Waals surface area (Å²) in [4.78, 5) is 25.8. The smallest absolute Gasteiger partial charge is 0.407 e. The number of aromatic amines is 1. The SMILES string of the molecule is CCCCc1ccc(CNC(=O)OCc2ccccc2)c(=O)n1Cc1ccc(-c2ccccc2-c2nn[nH]n2)cc1. The first-order chi connectivity index (χ1) is 20.1. The van der Waals surface area contributed by atoms with Gasteiger partial charge in [-0.1, -0.05) is 92.2 Å². The van der Waals surface area contributed by atoms with E-state index < -0.39 is 6.09 Å². The van der Waals surface area contributed by atoms with Gasteiger partial charge in [-0.15, -0.1) is 10.2 Å². The average Bonchev–Trinajstić information content (AvgIpc) is 3.56. The van der Waals surface area contributed by atoms with Crippen LogP contribution in [0.1, 0.15) is 42.1 Å². The average molecular weight is 549 g/mol. The number of unbranched alkanes of at least 4 members (excludes halogenated alkanes) is 1. The fraction of sp³-hybridized carbons (Fsp3) is 0.219. The summed E-state index contributed by atoms with van der Waals surface area (Å²) in [6.07, 6.45) is 2.24. The van der Waals surface area contributed by atoms with Gasteiger partial charge in [0.25, 0.3) is 5.56 Å². The Kier molecular flexibility index (Phi) is 8.95. The number of nitrogens with one attached hydrogen (secondary N) is 2. The topological polar surface area (TPSA) is 115 Å². The number of tetrazole rings is 1. The number of amides is 1. The van der Waals surface area contributed by atoms with Crippen LogP contribution in [0, 0.1) is 0 Å². The summed E-state index contributed by atoms with van der Waals surface area (Å²) in [5.41, 5.74) is 6.15. The van der Waals surface area contributed by atoms with Gasteiger partial charge in [0.05, 0.1) is 13.1 Å². The van der Waals surface area contributed by atoms with E-state index in [1.54, 1.807) is 6.07 Å². The van der Waals surface area contributed by atoms with E-state index in [1.807, 2.05) is 89.5 Å². The van der Waals surface area contributed by atoms with Crippen molar-refractivity contribution in [3.63, 3.8) is 0 Å². The molecule has 2 N–H and O–H groups in total. The second-order valence-corrected chi connectivity index (χ2v) is 9.74. The van der Waals surface area contributed by atoms with Crippen LogP contribution in [0.4, 0.5) is 4.79 Å². The van der Waals surface area contributed by atoms with Crippen LogP contribution in [-0.4, -0.2) is 31.3 Å². The lowest BCUT2D eigenvalue weighted by molar-refractivity contribution is 0.139. The van der Waals surface area contributed by atoms with Gasteiger partial charge >= 0.3 is 6.09 Å². The number of aryl methyl sites for hydroxylation is 1. The summed E-state index contributed by atoms with van der Waals surface area (Å²) < 4.78 is 7.11. The van der Waals surface area contributed by atoms with Crippen molar-refractivity contribution in [3.8, 4) is 22.5 Å². The number of H-pyrrole nitrogens is 1. The zero-order valence-electron chi connectivity index (χ0n) is 22.9. The van der Waals surface area contributed by atoms with Gasteiger partial charge in [0.15, 0.2) is 0 Å². The molecule has 0 saturated carbocycles. The molecule has 5 aromatic rings. The number of alkyl carbamates (subject to hydrolysis) is 1. The van der Waals surface area contributed by atoms with E-state index >= 15 is 0 Å². The number of pyridine rings is 1. The largest absolute Gasteiger partial charge is 0.445 e. The van der Waals surface area contributed by atoms with Gasteiger partial charge < -0.3 is 14.6 Å². The molecule has 1 amide bonds. The van der Waals surface area contributed by atoms with E-state index in [-0.39, 0.29) is 18.7 Å². The van der Waals surface area contributed by atoms with Crippen molar-refractivity contribution >= 4 is 6.09 Å². The Morgan fingerprint density at radius 3 is 2.39 bits per heavy atom. The van der Waals surface area contributed by atoms with Crippen LogP contribution in [-0.2, 0) is 30.9 Å². The Balaban J connectivity index is 1.32. The van der Waals surface area contributed by atoms with Gasteiger partial charge in [0.1, 0.15) is 6.61 Å². The zero-order valence-corrected chi connectivity index (χ0v) is 22.9. The number of hydrogen-bond acceptors (Lipinski definition) is 6. The van der Waals surface area contributed by atoms with Crippen molar-refractivity contribution in [2.24, 2.45) is 0 Å². The second kappa shape index (κ2) is 13.3. The predicted octanol–water partition coefficient (Wildman–Crippen LogP) is 5.51. The monoisotopic (exact) mass is 548 g/mol. The van der Waals surface area contributed by atoms with Gasteiger partial charge in [-0.05, 0) is 52.4 Å². The second-order valence-electron chi connectivity index (χ2n) is 9.74. The van der Waals surface area contributed by atoms with E-state index in [0.29, 0.717) is 17.9 Å². The van der Waals surface area contributed by atoms with Crippen LogP contribution in [0.2, 0.25) is 0 Å². The van der Waals surface area contributed by atoms with Crippen LogP contribution >= 0.6 is 0 Å². The third-order valence-corrected chi connectivity index (χ3v) is 6.88. The van der Waals surface area contributed by atoms with Gasteiger partial charge in [0, 0.05) is 16.8 Å². The number of hydrogen-bond donors (Lipinski definition) is 2. The fourth-order valence-corrected chi connectivity index (χ4v) is 4.67. The molecule has 0 radical (unpaired) electrons. The lowest BCUT2D eigenvalue weighted by Crippen LogP contribution is -2.32. The van der Waals surface area contributed by atoms with Gasteiger partial charge in [-0.2, -0.15) is 5.21 Å². The number of nitrogens with zero attached hydrogens (tertiary/aromatic N) is 4. The van der Waals surface area contributed by atoms with Crippen LogP contribution in [0.3, 0.4) is 0 Å². The molecule has 41 heavy (non-hydrogen) atoms. The number of ether oxygens (including phenoxy) is 1. The summed E-state index contributed by atoms with van der Waals surface area (Å²) in [6, 6.07) is 29.3. The van der Waals surface area contributed by atoms with E-state index in [0.717, 1.165) is 52.8 Å². The van der Waals surface area contributed by atoms with Crippen molar-refractivity contribution in [3.05, 3.63) is 124 Å². The highest BCUT2D eigenvalue weighted by Gasteiger charge is 2.13. The first-order valence-corrected chi connectivity index (χ1v) is 13.7. The maximum absolute atomic E-state index is 13.6. The first-order valence-electron chi connectivity index (χ1n) is 13.7. The Hall–Kier alpha value is -5.05. The number of aromatic nitrogens is 5. The van der Waals surface area contributed by atoms with E-state index in [9.17, 15) is 9.59 Å². The van der Waals surface area contributed by atoms with Crippen molar-refractivity contribution < 1.29 is 9.53 Å². The summed E-state index contributed by atoms with van der Waals surface area (Å²) in [5, 5.41) is 17.2. The first kappa shape index (κ1) is 27.5. The molecule has 0 atom stereocenters. The fourth-order valence-electron chi connectivity index (χ4n) is 4.67. The Bertz CT molecular complexity index is 1630. The van der Waals surface area contributed by atoms with Crippen molar-refractivity contribution in [2.45, 2.75) is 45.9 Å². The normalized spacial score (nSPS) is 10.9. The van der Waals surface area contributed by atoms with Gasteiger partial charge in [0.2, 0.25) is 5.82 Å². The van der Waals surface area contributed by atoms with Crippen LogP contribution in [0.5, 0.6) is 0 Å². The number of carbonyl (C=O) groups is 1. The summed E-state index contributed by atoms with van der Waals surface area (Å²) in [5.74, 6) is 0.533. The molecule has 9 nitrogen and oxygen atoms in total. The molecule has 0 saturated heterocycles. The minimum Gasteiger partial charge on any atom is -0.445 e. The molecule has 2 aromatic heterocycles. The van der Waals surface area contributed by atoms with E-state index in [1.165, 1.54) is 0 Å². The quantitative estimate of drug-likeness (QED) is 0.225. The van der Waals surface area contributed by atoms with Gasteiger partial charge in [-0.3, -0.25) is 4.79 Å². The Morgan fingerprint density at radius 1 is 0.902 bits per heavy atom. The summed E-state index contributed by atoms with van der Waals surface area (Å²) in [7, 11) is 0. The lowest BCUT2D eigenvalue weighted by atomic mass is 9.98. The molecule has 0 unspecified atom stereocenters. The molecule has 0 aliphatic rings. The van der Waals surface area contributed by atoms with Crippen molar-refractivity contribution in [1.82, 2.24) is 30.5 Å². The maximum atomic E-state index is 13.6. The zero-order chi connectivity index (χ0) is 28.4. The molecule has 0 aliphatic carbocycles. The van der Waals surface area contributed by atoms with Crippen molar-refractivity contribution in [1.29, 1.82) is 0 Å². The highest BCUT2D eigenvalue weighted by molar-refractivity contribution is 5.80. The third-order valence-electron chi connectivity index (χ3n) is 6.88. The minimum atomic E-state index is -0.563. The highest BCUT2D eigenvalue weighted by Crippen LogP contribution is 2.29. The Labute approximate surface area is 238 Å². The number of benzene rings is 3. The van der Waals surface area contributed by atoms with Crippen molar-refractivity contribution in [2.75, 3.05) is 0 Å². The molecular formula is C32H32N6O3. The maximum Gasteiger partial charge on any atom is 0.407 e. The Morgan fingerprint density at radius 2 is 1.66 bits per heavy atom. The molecule has 0 spiro atoms. The molecule has 9 heteroatoms. The number of carbonyl (C=O) groups excluding carboxylic acids is 1. The molecular weight excluding hydrogens is 516 g/mol. The van der Waals surface area contributed by atoms with E-state index in [2.05, 4.69) is 32.9 Å². The summed E-state index contributed by atoms with van der Waals surface area (Å²) >= 11 is 0. The molecule has 5 rings (SSSR count). The van der Waals surface area contributed by atoms with Gasteiger partial charge in [-0.25, -0.2) is 4.79 Å². The number of rotatable bonds is 11. The molecule has 2 heterocycles. The molecule has 0 bridgehead atoms. The minimum absolute atomic E-state index is 0.0896. The molecule has 208 valence electrons.